The minimum atomic E-state index is -1.82. The number of Topliss-reactive ketones (excluding diaryl/α,β-unsaturated/α-hetero) is 1. The second-order valence-electron chi connectivity index (χ2n) is 5.69. The van der Waals surface area contributed by atoms with Gasteiger partial charge in [-0.2, -0.15) is 0 Å². The molecule has 0 amide bonds. The molecule has 0 bridgehead atoms. The van der Waals surface area contributed by atoms with Crippen LogP contribution in [-0.2, 0) is 19.1 Å². The Balaban J connectivity index is 2.77. The third kappa shape index (κ3) is 4.74. The predicted octanol–water partition coefficient (Wildman–Crippen LogP) is 1.07. The highest BCUT2D eigenvalue weighted by Crippen LogP contribution is 2.35. The number of hydrogen-bond donors (Lipinski definition) is 1. The summed E-state index contributed by atoms with van der Waals surface area (Å²) in [6.45, 7) is 4.52. The van der Waals surface area contributed by atoms with E-state index in [-0.39, 0.29) is 38.1 Å². The Hall–Kier alpha value is -1.54. The summed E-state index contributed by atoms with van der Waals surface area (Å²) < 4.78 is 10.3. The van der Waals surface area contributed by atoms with Gasteiger partial charge in [-0.25, -0.2) is 0 Å². The number of nitro groups is 1. The molecule has 0 saturated carbocycles. The molecule has 1 aliphatic rings. The molecule has 0 radical (unpaired) electrons. The Morgan fingerprint density at radius 2 is 2.14 bits per heavy atom. The van der Waals surface area contributed by atoms with Crippen LogP contribution in [0.4, 0.5) is 0 Å². The van der Waals surface area contributed by atoms with E-state index in [0.717, 1.165) is 0 Å². The van der Waals surface area contributed by atoms with Crippen LogP contribution in [0, 0.1) is 16.0 Å². The molecular weight excluding hydrogens is 294 g/mol. The molecule has 1 N–H and O–H groups in total. The van der Waals surface area contributed by atoms with Crippen LogP contribution in [0.2, 0.25) is 0 Å². The molecule has 0 aromatic carbocycles. The van der Waals surface area contributed by atoms with Crippen LogP contribution in [0.25, 0.3) is 0 Å². The van der Waals surface area contributed by atoms with Crippen LogP contribution in [0.3, 0.4) is 0 Å². The maximum Gasteiger partial charge on any atom is 0.314 e. The first-order chi connectivity index (χ1) is 10.2. The van der Waals surface area contributed by atoms with Gasteiger partial charge in [0.15, 0.2) is 5.79 Å². The van der Waals surface area contributed by atoms with Gasteiger partial charge in [0.05, 0.1) is 6.61 Å². The molecule has 22 heavy (non-hydrogen) atoms. The average molecular weight is 317 g/mol. The van der Waals surface area contributed by atoms with Crippen molar-refractivity contribution < 1.29 is 29.1 Å². The van der Waals surface area contributed by atoms with Crippen LogP contribution in [0.5, 0.6) is 0 Å². The average Bonchev–Trinajstić information content (AvgIpc) is 2.37. The fourth-order valence-electron chi connectivity index (χ4n) is 2.67. The maximum absolute atomic E-state index is 11.8. The minimum absolute atomic E-state index is 0.0488. The number of carbonyl (C=O) groups excluding carboxylic acids is 2. The van der Waals surface area contributed by atoms with Crippen molar-refractivity contribution in [3.8, 4) is 0 Å². The summed E-state index contributed by atoms with van der Waals surface area (Å²) in [5.74, 6) is -3.41. The zero-order valence-electron chi connectivity index (χ0n) is 13.1. The third-order valence-electron chi connectivity index (χ3n) is 3.84. The van der Waals surface area contributed by atoms with Crippen molar-refractivity contribution in [3.05, 3.63) is 10.1 Å². The fourth-order valence-corrected chi connectivity index (χ4v) is 2.67. The van der Waals surface area contributed by atoms with Crippen LogP contribution >= 0.6 is 0 Å². The van der Waals surface area contributed by atoms with Gasteiger partial charge >= 0.3 is 5.97 Å². The zero-order chi connectivity index (χ0) is 16.9. The molecule has 1 saturated heterocycles. The topological polar surface area (TPSA) is 116 Å². The highest BCUT2D eigenvalue weighted by Gasteiger charge is 2.49. The number of aliphatic hydroxyl groups is 1. The number of esters is 1. The first-order valence-electron chi connectivity index (χ1n) is 7.38. The second-order valence-corrected chi connectivity index (χ2v) is 5.69. The molecule has 1 rings (SSSR count). The summed E-state index contributed by atoms with van der Waals surface area (Å²) in [6.07, 6.45) is -0.221. The summed E-state index contributed by atoms with van der Waals surface area (Å²) in [7, 11) is 0. The molecule has 0 aromatic heterocycles. The first kappa shape index (κ1) is 18.5. The van der Waals surface area contributed by atoms with Crippen molar-refractivity contribution in [1.29, 1.82) is 0 Å². The molecule has 1 aliphatic heterocycles. The van der Waals surface area contributed by atoms with Crippen molar-refractivity contribution >= 4 is 11.8 Å². The van der Waals surface area contributed by atoms with Gasteiger partial charge in [0.25, 0.3) is 0 Å². The van der Waals surface area contributed by atoms with Crippen LogP contribution in [-0.4, -0.2) is 46.3 Å². The quantitative estimate of drug-likeness (QED) is 0.424. The largest absolute Gasteiger partial charge is 0.466 e. The molecule has 8 nitrogen and oxygen atoms in total. The van der Waals surface area contributed by atoms with Crippen molar-refractivity contribution in [1.82, 2.24) is 0 Å². The van der Waals surface area contributed by atoms with E-state index < -0.39 is 34.7 Å². The van der Waals surface area contributed by atoms with E-state index in [1.807, 2.05) is 0 Å². The lowest BCUT2D eigenvalue weighted by atomic mass is 9.86. The van der Waals surface area contributed by atoms with Gasteiger partial charge in [0, 0.05) is 17.8 Å². The SMILES string of the molecule is CCOC(=O)C1CCC(C(CCC(C)=O)[N+](=O)[O-])OC1(C)O. The molecule has 1 fully saturated rings. The summed E-state index contributed by atoms with van der Waals surface area (Å²) in [5.41, 5.74) is 0. The molecule has 4 atom stereocenters. The van der Waals surface area contributed by atoms with Crippen molar-refractivity contribution in [2.45, 2.75) is 64.4 Å². The number of nitrogens with zero attached hydrogens (tertiary/aromatic N) is 1. The van der Waals surface area contributed by atoms with E-state index in [2.05, 4.69) is 0 Å². The molecule has 1 heterocycles. The van der Waals surface area contributed by atoms with Crippen molar-refractivity contribution in [2.24, 2.45) is 5.92 Å². The molecule has 0 aliphatic carbocycles. The van der Waals surface area contributed by atoms with Gasteiger partial charge < -0.3 is 19.4 Å². The van der Waals surface area contributed by atoms with Crippen LogP contribution < -0.4 is 0 Å². The van der Waals surface area contributed by atoms with Gasteiger partial charge in [-0.15, -0.1) is 0 Å². The van der Waals surface area contributed by atoms with Crippen LogP contribution in [0.15, 0.2) is 0 Å². The monoisotopic (exact) mass is 317 g/mol. The fraction of sp³-hybridized carbons (Fsp3) is 0.857. The van der Waals surface area contributed by atoms with Crippen molar-refractivity contribution in [2.75, 3.05) is 6.61 Å². The van der Waals surface area contributed by atoms with Gasteiger partial charge in [0.1, 0.15) is 17.8 Å². The minimum Gasteiger partial charge on any atom is -0.466 e. The number of rotatable bonds is 7. The maximum atomic E-state index is 11.8. The Morgan fingerprint density at radius 1 is 1.50 bits per heavy atom. The Kier molecular flexibility index (Phi) is 6.43. The Bertz CT molecular complexity index is 435. The van der Waals surface area contributed by atoms with E-state index in [1.165, 1.54) is 13.8 Å². The van der Waals surface area contributed by atoms with E-state index in [1.54, 1.807) is 6.92 Å². The van der Waals surface area contributed by atoms with Crippen molar-refractivity contribution in [3.63, 3.8) is 0 Å². The number of carbonyl (C=O) groups is 2. The summed E-state index contributed by atoms with van der Waals surface area (Å²) in [6, 6.07) is -1.08. The standard InChI is InChI=1S/C14H23NO7/c1-4-21-13(17)10-6-8-12(22-14(10,3)18)11(15(19)20)7-5-9(2)16/h10-12,18H,4-8H2,1-3H3. The lowest BCUT2D eigenvalue weighted by Crippen LogP contribution is -2.53. The number of ketones is 1. The van der Waals surface area contributed by atoms with Gasteiger partial charge in [-0.05, 0) is 33.6 Å². The summed E-state index contributed by atoms with van der Waals surface area (Å²) >= 11 is 0. The van der Waals surface area contributed by atoms with E-state index >= 15 is 0 Å². The van der Waals surface area contributed by atoms with E-state index in [0.29, 0.717) is 0 Å². The highest BCUT2D eigenvalue weighted by atomic mass is 16.7. The van der Waals surface area contributed by atoms with Gasteiger partial charge in [-0.1, -0.05) is 0 Å². The summed E-state index contributed by atoms with van der Waals surface area (Å²) in [5, 5.41) is 21.5. The third-order valence-corrected chi connectivity index (χ3v) is 3.84. The molecule has 0 spiro atoms. The Labute approximate surface area is 128 Å². The molecule has 0 aromatic rings. The highest BCUT2D eigenvalue weighted by molar-refractivity contribution is 5.75. The van der Waals surface area contributed by atoms with E-state index in [9.17, 15) is 24.8 Å². The number of ether oxygens (including phenoxy) is 2. The second kappa shape index (κ2) is 7.64. The lowest BCUT2D eigenvalue weighted by Gasteiger charge is -2.40. The summed E-state index contributed by atoms with van der Waals surface area (Å²) in [4.78, 5) is 33.5. The van der Waals surface area contributed by atoms with Gasteiger partial charge in [-0.3, -0.25) is 14.9 Å². The molecule has 8 heteroatoms. The lowest BCUT2D eigenvalue weighted by molar-refractivity contribution is -0.543. The smallest absolute Gasteiger partial charge is 0.314 e. The van der Waals surface area contributed by atoms with E-state index in [4.69, 9.17) is 9.47 Å². The Morgan fingerprint density at radius 3 is 2.59 bits per heavy atom. The first-order valence-corrected chi connectivity index (χ1v) is 7.38. The zero-order valence-corrected chi connectivity index (χ0v) is 13.1. The molecular formula is C14H23NO7. The van der Waals surface area contributed by atoms with Crippen LogP contribution in [0.1, 0.15) is 46.5 Å². The normalized spacial score (nSPS) is 29.6. The molecule has 4 unspecified atom stereocenters. The predicted molar refractivity (Wildman–Crippen MR) is 75.6 cm³/mol. The number of hydrogen-bond acceptors (Lipinski definition) is 7. The molecule has 126 valence electrons. The van der Waals surface area contributed by atoms with Gasteiger partial charge in [0.2, 0.25) is 6.04 Å².